The second-order valence-corrected chi connectivity index (χ2v) is 4.93. The first kappa shape index (κ1) is 12.6. The smallest absolute Gasteiger partial charge is 0.0670 e. The van der Waals surface area contributed by atoms with Crippen LogP contribution < -0.4 is 5.73 Å². The van der Waals surface area contributed by atoms with Crippen molar-refractivity contribution in [3.63, 3.8) is 0 Å². The molecule has 0 fully saturated rings. The van der Waals surface area contributed by atoms with Crippen LogP contribution in [0.25, 0.3) is 0 Å². The summed E-state index contributed by atoms with van der Waals surface area (Å²) in [5, 5.41) is 9.31. The van der Waals surface area contributed by atoms with Gasteiger partial charge >= 0.3 is 0 Å². The molecule has 2 nitrogen and oxygen atoms in total. The quantitative estimate of drug-likeness (QED) is 0.754. The number of rotatable bonds is 5. The minimum atomic E-state index is -0.358. The van der Waals surface area contributed by atoms with Gasteiger partial charge in [0.15, 0.2) is 0 Å². The molecular weight excluding hydrogens is 206 g/mol. The Morgan fingerprint density at radius 2 is 2.13 bits per heavy atom. The van der Waals surface area contributed by atoms with Crippen molar-refractivity contribution in [2.45, 2.75) is 31.3 Å². The molecule has 3 N–H and O–H groups in total. The average molecular weight is 225 g/mol. The molecule has 0 saturated heterocycles. The van der Waals surface area contributed by atoms with E-state index in [0.717, 1.165) is 12.2 Å². The molecule has 0 aliphatic heterocycles. The van der Waals surface area contributed by atoms with Crippen LogP contribution in [-0.4, -0.2) is 23.5 Å². The lowest BCUT2D eigenvalue weighted by atomic mass is 10.2. The summed E-state index contributed by atoms with van der Waals surface area (Å²) in [5.74, 6) is 0.919. The minimum Gasteiger partial charge on any atom is -0.392 e. The Morgan fingerprint density at radius 3 is 2.73 bits per heavy atom. The first-order valence-electron chi connectivity index (χ1n) is 5.21. The van der Waals surface area contributed by atoms with Crippen LogP contribution in [0.4, 0.5) is 0 Å². The molecule has 0 aromatic heterocycles. The van der Waals surface area contributed by atoms with Crippen LogP contribution in [0, 0.1) is 13.8 Å². The van der Waals surface area contributed by atoms with Crippen molar-refractivity contribution in [2.24, 2.45) is 5.73 Å². The number of hydrogen-bond donors (Lipinski definition) is 2. The standard InChI is InChI=1S/C12H19NOS/c1-9-3-4-12(10(2)7-9)15-6-5-11(14)8-13/h3-4,7,11,14H,5-6,8,13H2,1-2H3. The fourth-order valence-electron chi connectivity index (χ4n) is 1.38. The maximum atomic E-state index is 9.31. The normalized spacial score (nSPS) is 12.8. The van der Waals surface area contributed by atoms with E-state index in [-0.39, 0.29) is 6.10 Å². The Balaban J connectivity index is 2.44. The number of aryl methyl sites for hydroxylation is 2. The maximum Gasteiger partial charge on any atom is 0.0670 e. The lowest BCUT2D eigenvalue weighted by molar-refractivity contribution is 0.180. The molecular formula is C12H19NOS. The van der Waals surface area contributed by atoms with Crippen molar-refractivity contribution in [2.75, 3.05) is 12.3 Å². The summed E-state index contributed by atoms with van der Waals surface area (Å²) in [6, 6.07) is 6.44. The van der Waals surface area contributed by atoms with Gasteiger partial charge in [-0.25, -0.2) is 0 Å². The second kappa shape index (κ2) is 6.16. The lowest BCUT2D eigenvalue weighted by Crippen LogP contribution is -2.20. The van der Waals surface area contributed by atoms with Gasteiger partial charge in [-0.2, -0.15) is 0 Å². The van der Waals surface area contributed by atoms with E-state index < -0.39 is 0 Å². The molecule has 1 unspecified atom stereocenters. The summed E-state index contributed by atoms with van der Waals surface area (Å²) >= 11 is 1.78. The summed E-state index contributed by atoms with van der Waals surface area (Å²) in [7, 11) is 0. The fraction of sp³-hybridized carbons (Fsp3) is 0.500. The zero-order valence-electron chi connectivity index (χ0n) is 9.36. The minimum absolute atomic E-state index is 0.355. The molecule has 0 radical (unpaired) electrons. The summed E-state index contributed by atoms with van der Waals surface area (Å²) in [5.41, 5.74) is 7.94. The highest BCUT2D eigenvalue weighted by molar-refractivity contribution is 7.99. The topological polar surface area (TPSA) is 46.2 Å². The number of nitrogens with two attached hydrogens (primary N) is 1. The van der Waals surface area contributed by atoms with Gasteiger partial charge in [0, 0.05) is 17.2 Å². The van der Waals surface area contributed by atoms with E-state index in [1.807, 2.05) is 0 Å². The van der Waals surface area contributed by atoms with Gasteiger partial charge in [0.1, 0.15) is 0 Å². The third-order valence-electron chi connectivity index (χ3n) is 2.31. The van der Waals surface area contributed by atoms with E-state index in [1.54, 1.807) is 11.8 Å². The number of aliphatic hydroxyl groups is 1. The van der Waals surface area contributed by atoms with E-state index >= 15 is 0 Å². The highest BCUT2D eigenvalue weighted by atomic mass is 32.2. The molecule has 3 heteroatoms. The lowest BCUT2D eigenvalue weighted by Gasteiger charge is -2.09. The van der Waals surface area contributed by atoms with Crippen molar-refractivity contribution in [3.8, 4) is 0 Å². The molecule has 15 heavy (non-hydrogen) atoms. The number of thioether (sulfide) groups is 1. The Labute approximate surface area is 95.9 Å². The van der Waals surface area contributed by atoms with Crippen LogP contribution >= 0.6 is 11.8 Å². The Hall–Kier alpha value is -0.510. The first-order chi connectivity index (χ1) is 7.13. The molecule has 0 aliphatic rings. The predicted octanol–water partition coefficient (Wildman–Crippen LogP) is 2.11. The third-order valence-corrected chi connectivity index (χ3v) is 3.52. The summed E-state index contributed by atoms with van der Waals surface area (Å²) in [4.78, 5) is 1.30. The van der Waals surface area contributed by atoms with Gasteiger partial charge in [0.2, 0.25) is 0 Å². The van der Waals surface area contributed by atoms with Gasteiger partial charge in [0.05, 0.1) is 6.10 Å². The summed E-state index contributed by atoms with van der Waals surface area (Å²) < 4.78 is 0. The van der Waals surface area contributed by atoms with Crippen LogP contribution in [-0.2, 0) is 0 Å². The number of hydrogen-bond acceptors (Lipinski definition) is 3. The summed E-state index contributed by atoms with van der Waals surface area (Å²) in [6.45, 7) is 4.57. The van der Waals surface area contributed by atoms with Crippen LogP contribution in [0.2, 0.25) is 0 Å². The van der Waals surface area contributed by atoms with Gasteiger partial charge in [-0.1, -0.05) is 17.7 Å². The van der Waals surface area contributed by atoms with Crippen molar-refractivity contribution in [3.05, 3.63) is 29.3 Å². The number of benzene rings is 1. The molecule has 84 valence electrons. The molecule has 1 rings (SSSR count). The zero-order chi connectivity index (χ0) is 11.3. The zero-order valence-corrected chi connectivity index (χ0v) is 10.2. The third kappa shape index (κ3) is 4.24. The van der Waals surface area contributed by atoms with Crippen LogP contribution in [0.5, 0.6) is 0 Å². The average Bonchev–Trinajstić information content (AvgIpc) is 2.21. The molecule has 1 aromatic carbocycles. The SMILES string of the molecule is Cc1ccc(SCCC(O)CN)c(C)c1. The van der Waals surface area contributed by atoms with Crippen LogP contribution in [0.15, 0.2) is 23.1 Å². The maximum absolute atomic E-state index is 9.31. The molecule has 1 atom stereocenters. The van der Waals surface area contributed by atoms with Crippen LogP contribution in [0.3, 0.4) is 0 Å². The van der Waals surface area contributed by atoms with Crippen molar-refractivity contribution < 1.29 is 5.11 Å². The second-order valence-electron chi connectivity index (χ2n) is 3.80. The molecule has 0 saturated carbocycles. The van der Waals surface area contributed by atoms with Gasteiger partial charge in [-0.15, -0.1) is 11.8 Å². The molecule has 0 spiro atoms. The van der Waals surface area contributed by atoms with Crippen molar-refractivity contribution >= 4 is 11.8 Å². The van der Waals surface area contributed by atoms with E-state index in [9.17, 15) is 5.11 Å². The van der Waals surface area contributed by atoms with Gasteiger partial charge in [-0.05, 0) is 31.9 Å². The Bertz CT molecular complexity index is 314. The predicted molar refractivity (Wildman–Crippen MR) is 66.3 cm³/mol. The highest BCUT2D eigenvalue weighted by Crippen LogP contribution is 2.23. The van der Waals surface area contributed by atoms with E-state index in [0.29, 0.717) is 6.54 Å². The largest absolute Gasteiger partial charge is 0.392 e. The van der Waals surface area contributed by atoms with Gasteiger partial charge < -0.3 is 10.8 Å². The molecule has 0 amide bonds. The fourth-order valence-corrected chi connectivity index (χ4v) is 2.44. The number of aliphatic hydroxyl groups excluding tert-OH is 1. The van der Waals surface area contributed by atoms with Gasteiger partial charge in [-0.3, -0.25) is 0 Å². The Morgan fingerprint density at radius 1 is 1.40 bits per heavy atom. The molecule has 0 aliphatic carbocycles. The molecule has 0 heterocycles. The summed E-state index contributed by atoms with van der Waals surface area (Å²) in [6.07, 6.45) is 0.400. The van der Waals surface area contributed by atoms with Crippen LogP contribution in [0.1, 0.15) is 17.5 Å². The van der Waals surface area contributed by atoms with Crippen molar-refractivity contribution in [1.82, 2.24) is 0 Å². The first-order valence-corrected chi connectivity index (χ1v) is 6.20. The monoisotopic (exact) mass is 225 g/mol. The molecule has 1 aromatic rings. The molecule has 0 bridgehead atoms. The Kier molecular flexibility index (Phi) is 5.15. The van der Waals surface area contributed by atoms with E-state index in [2.05, 4.69) is 32.0 Å². The van der Waals surface area contributed by atoms with E-state index in [4.69, 9.17) is 5.73 Å². The van der Waals surface area contributed by atoms with Crippen molar-refractivity contribution in [1.29, 1.82) is 0 Å². The highest BCUT2D eigenvalue weighted by Gasteiger charge is 2.03. The van der Waals surface area contributed by atoms with E-state index in [1.165, 1.54) is 16.0 Å². The van der Waals surface area contributed by atoms with Gasteiger partial charge in [0.25, 0.3) is 0 Å².